The molecule has 2 fully saturated rings. The van der Waals surface area contributed by atoms with E-state index in [9.17, 15) is 9.59 Å². The van der Waals surface area contributed by atoms with Crippen LogP contribution in [0, 0.1) is 22.7 Å². The van der Waals surface area contributed by atoms with Gasteiger partial charge in [0.15, 0.2) is 0 Å². The Morgan fingerprint density at radius 1 is 1.00 bits per heavy atom. The van der Waals surface area contributed by atoms with E-state index in [1.165, 1.54) is 11.3 Å². The van der Waals surface area contributed by atoms with E-state index in [4.69, 9.17) is 0 Å². The highest BCUT2D eigenvalue weighted by molar-refractivity contribution is 6.11. The summed E-state index contributed by atoms with van der Waals surface area (Å²) in [7, 11) is 0. The van der Waals surface area contributed by atoms with Gasteiger partial charge in [0.25, 0.3) is 0 Å². The highest BCUT2D eigenvalue weighted by Gasteiger charge is 2.61. The quantitative estimate of drug-likeness (QED) is 0.670. The third-order valence-corrected chi connectivity index (χ3v) is 6.71. The van der Waals surface area contributed by atoms with Crippen LogP contribution in [0.4, 0.5) is 5.69 Å². The van der Waals surface area contributed by atoms with Crippen LogP contribution in [0.25, 0.3) is 0 Å². The number of rotatable bonds is 0. The highest BCUT2D eigenvalue weighted by Crippen LogP contribution is 2.53. The molecule has 4 rings (SSSR count). The predicted molar refractivity (Wildman–Crippen MR) is 99.7 cm³/mol. The van der Waals surface area contributed by atoms with Gasteiger partial charge in [-0.3, -0.25) is 9.59 Å². The zero-order valence-electron chi connectivity index (χ0n) is 15.8. The van der Waals surface area contributed by atoms with E-state index in [1.807, 2.05) is 6.07 Å². The number of carbonyl (C=O) groups is 2. The lowest BCUT2D eigenvalue weighted by Crippen LogP contribution is -2.67. The number of benzene rings is 1. The molecule has 0 bridgehead atoms. The summed E-state index contributed by atoms with van der Waals surface area (Å²) in [6.45, 7) is 9.57. The Kier molecular flexibility index (Phi) is 3.65. The Morgan fingerprint density at radius 3 is 2.32 bits per heavy atom. The molecule has 0 unspecified atom stereocenters. The molecule has 1 saturated heterocycles. The zero-order valence-corrected chi connectivity index (χ0v) is 15.8. The average molecular weight is 339 g/mol. The molecule has 3 heteroatoms. The van der Waals surface area contributed by atoms with Crippen molar-refractivity contribution in [3.05, 3.63) is 29.8 Å². The molecule has 0 amide bonds. The second-order valence-electron chi connectivity index (χ2n) is 9.56. The molecule has 0 aromatic heterocycles. The van der Waals surface area contributed by atoms with Crippen molar-refractivity contribution >= 4 is 17.3 Å². The average Bonchev–Trinajstić information content (AvgIpc) is 2.51. The maximum Gasteiger partial charge on any atom is 0.149 e. The molecule has 2 heterocycles. The van der Waals surface area contributed by atoms with E-state index in [2.05, 4.69) is 50.8 Å². The highest BCUT2D eigenvalue weighted by atomic mass is 16.2. The molecular formula is C22H29NO2. The molecule has 3 nitrogen and oxygen atoms in total. The predicted octanol–water partition coefficient (Wildman–Crippen LogP) is 4.04. The lowest BCUT2D eigenvalue weighted by atomic mass is 9.54. The summed E-state index contributed by atoms with van der Waals surface area (Å²) in [5.41, 5.74) is 1.37. The van der Waals surface area contributed by atoms with E-state index in [0.29, 0.717) is 31.1 Å². The third kappa shape index (κ3) is 2.38. The Labute approximate surface area is 150 Å². The third-order valence-electron chi connectivity index (χ3n) is 6.71. The SMILES string of the molecule is C[C@@H]1C[C@H](C)[C@H]2N(C1)c1ccccc1CC21C(=O)CC(C)(C)CC1=O. The number of carbonyl (C=O) groups excluding carboxylic acids is 2. The van der Waals surface area contributed by atoms with Gasteiger partial charge in [-0.1, -0.05) is 45.9 Å². The largest absolute Gasteiger partial charge is 0.366 e. The Bertz CT molecular complexity index is 715. The number of fused-ring (bicyclic) bond motifs is 4. The molecule has 1 saturated carbocycles. The number of nitrogens with zero attached hydrogens (tertiary/aromatic N) is 1. The molecule has 3 aliphatic rings. The zero-order chi connectivity index (χ0) is 18.0. The molecule has 3 atom stereocenters. The van der Waals surface area contributed by atoms with Gasteiger partial charge in [-0.25, -0.2) is 0 Å². The molecule has 134 valence electrons. The van der Waals surface area contributed by atoms with Crippen molar-refractivity contribution < 1.29 is 9.59 Å². The van der Waals surface area contributed by atoms with E-state index in [-0.39, 0.29) is 23.0 Å². The first-order valence-corrected chi connectivity index (χ1v) is 9.66. The monoisotopic (exact) mass is 339 g/mol. The van der Waals surface area contributed by atoms with Crippen LogP contribution in [0.15, 0.2) is 24.3 Å². The summed E-state index contributed by atoms with van der Waals surface area (Å²) in [4.78, 5) is 29.3. The molecule has 1 aromatic carbocycles. The summed E-state index contributed by atoms with van der Waals surface area (Å²) < 4.78 is 0. The summed E-state index contributed by atoms with van der Waals surface area (Å²) in [5, 5.41) is 0. The number of anilines is 1. The molecule has 0 N–H and O–H groups in total. The van der Waals surface area contributed by atoms with Gasteiger partial charge in [-0.2, -0.15) is 0 Å². The van der Waals surface area contributed by atoms with Gasteiger partial charge in [0.05, 0.1) is 6.04 Å². The van der Waals surface area contributed by atoms with Crippen molar-refractivity contribution in [3.8, 4) is 0 Å². The molecule has 1 aromatic rings. The maximum absolute atomic E-state index is 13.4. The first-order chi connectivity index (χ1) is 11.7. The minimum absolute atomic E-state index is 0.0229. The van der Waals surface area contributed by atoms with Crippen LogP contribution in [0.5, 0.6) is 0 Å². The van der Waals surface area contributed by atoms with Gasteiger partial charge < -0.3 is 4.90 Å². The fraction of sp³-hybridized carbons (Fsp3) is 0.636. The van der Waals surface area contributed by atoms with Gasteiger partial charge in [-0.05, 0) is 41.7 Å². The second-order valence-corrected chi connectivity index (χ2v) is 9.56. The second kappa shape index (κ2) is 5.43. The van der Waals surface area contributed by atoms with Gasteiger partial charge in [-0.15, -0.1) is 0 Å². The Hall–Kier alpha value is -1.64. The van der Waals surface area contributed by atoms with Crippen LogP contribution >= 0.6 is 0 Å². The van der Waals surface area contributed by atoms with Crippen molar-refractivity contribution in [3.63, 3.8) is 0 Å². The number of piperidine rings is 1. The molecule has 0 radical (unpaired) electrons. The molecule has 1 spiro atoms. The van der Waals surface area contributed by atoms with Crippen LogP contribution in [-0.4, -0.2) is 24.2 Å². The first kappa shape index (κ1) is 16.8. The fourth-order valence-electron chi connectivity index (χ4n) is 5.87. The minimum Gasteiger partial charge on any atom is -0.366 e. The molecular weight excluding hydrogens is 310 g/mol. The standard InChI is InChI=1S/C22H29NO2/c1-14-9-15(2)20-22(18(24)11-21(3,4)12-19(22)25)10-16-7-5-6-8-17(16)23(20)13-14/h5-8,14-15,20H,9-13H2,1-4H3/t14-,15+,20-/m1/s1. The van der Waals surface area contributed by atoms with Gasteiger partial charge in [0.2, 0.25) is 0 Å². The van der Waals surface area contributed by atoms with Crippen LogP contribution < -0.4 is 4.90 Å². The lowest BCUT2D eigenvalue weighted by molar-refractivity contribution is -0.152. The van der Waals surface area contributed by atoms with Crippen molar-refractivity contribution in [2.24, 2.45) is 22.7 Å². The van der Waals surface area contributed by atoms with E-state index in [0.717, 1.165) is 13.0 Å². The fourth-order valence-corrected chi connectivity index (χ4v) is 5.87. The summed E-state index contributed by atoms with van der Waals surface area (Å²) in [5.74, 6) is 1.30. The smallest absolute Gasteiger partial charge is 0.149 e. The Morgan fingerprint density at radius 2 is 1.64 bits per heavy atom. The molecule has 25 heavy (non-hydrogen) atoms. The first-order valence-electron chi connectivity index (χ1n) is 9.66. The number of para-hydroxylation sites is 1. The summed E-state index contributed by atoms with van der Waals surface area (Å²) in [6.07, 6.45) is 2.73. The van der Waals surface area contributed by atoms with Crippen LogP contribution in [0.3, 0.4) is 0 Å². The van der Waals surface area contributed by atoms with Crippen molar-refractivity contribution in [2.45, 2.75) is 59.4 Å². The Balaban J connectivity index is 1.89. The van der Waals surface area contributed by atoms with Crippen molar-refractivity contribution in [1.29, 1.82) is 0 Å². The van der Waals surface area contributed by atoms with E-state index < -0.39 is 5.41 Å². The normalized spacial score (nSPS) is 33.1. The summed E-state index contributed by atoms with van der Waals surface area (Å²) >= 11 is 0. The topological polar surface area (TPSA) is 37.4 Å². The van der Waals surface area contributed by atoms with E-state index >= 15 is 0 Å². The van der Waals surface area contributed by atoms with Crippen LogP contribution in [0.1, 0.15) is 52.5 Å². The van der Waals surface area contributed by atoms with Crippen molar-refractivity contribution in [1.82, 2.24) is 0 Å². The molecule has 1 aliphatic carbocycles. The number of Topliss-reactive ketones (excluding diaryl/α,β-unsaturated/α-hetero) is 2. The van der Waals surface area contributed by atoms with Gasteiger partial charge in [0.1, 0.15) is 17.0 Å². The number of hydrogen-bond donors (Lipinski definition) is 0. The van der Waals surface area contributed by atoms with Crippen LogP contribution in [-0.2, 0) is 16.0 Å². The molecule has 2 aliphatic heterocycles. The maximum atomic E-state index is 13.4. The van der Waals surface area contributed by atoms with Gasteiger partial charge >= 0.3 is 0 Å². The number of ketones is 2. The lowest BCUT2D eigenvalue weighted by Gasteiger charge is -2.57. The summed E-state index contributed by atoms with van der Waals surface area (Å²) in [6, 6.07) is 8.41. The number of hydrogen-bond acceptors (Lipinski definition) is 3. The van der Waals surface area contributed by atoms with E-state index in [1.54, 1.807) is 0 Å². The van der Waals surface area contributed by atoms with Gasteiger partial charge in [0, 0.05) is 25.1 Å². The minimum atomic E-state index is -0.830. The van der Waals surface area contributed by atoms with Crippen molar-refractivity contribution in [2.75, 3.05) is 11.4 Å². The van der Waals surface area contributed by atoms with Crippen LogP contribution in [0.2, 0.25) is 0 Å².